The van der Waals surface area contributed by atoms with Crippen LogP contribution in [0.15, 0.2) is 29.2 Å². The molecule has 0 heterocycles. The molecule has 3 N–H and O–H groups in total. The number of anilines is 1. The average Bonchev–Trinajstić information content (AvgIpc) is 2.29. The third-order valence-corrected chi connectivity index (χ3v) is 2.94. The van der Waals surface area contributed by atoms with Crippen LogP contribution in [0.5, 0.6) is 0 Å². The van der Waals surface area contributed by atoms with Gasteiger partial charge in [-0.25, -0.2) is 4.79 Å². The average molecular weight is 254 g/mol. The maximum absolute atomic E-state index is 11.6. The molecule has 0 atom stereocenters. The first-order valence-corrected chi connectivity index (χ1v) is 6.53. The van der Waals surface area contributed by atoms with Crippen molar-refractivity contribution in [2.24, 2.45) is 0 Å². The van der Waals surface area contributed by atoms with Crippen molar-refractivity contribution in [2.45, 2.75) is 24.3 Å². The van der Waals surface area contributed by atoms with Crippen molar-refractivity contribution in [3.63, 3.8) is 0 Å². The number of rotatable bonds is 4. The first kappa shape index (κ1) is 13.9. The number of nitrogens with one attached hydrogen (secondary N) is 2. The topological polar surface area (TPSA) is 61.4 Å². The van der Waals surface area contributed by atoms with Gasteiger partial charge in [-0.15, -0.1) is 11.8 Å². The molecule has 0 saturated heterocycles. The van der Waals surface area contributed by atoms with Gasteiger partial charge in [0.15, 0.2) is 0 Å². The Labute approximate surface area is 106 Å². The van der Waals surface area contributed by atoms with Gasteiger partial charge in [0, 0.05) is 10.6 Å². The van der Waals surface area contributed by atoms with Crippen molar-refractivity contribution < 1.29 is 9.90 Å². The van der Waals surface area contributed by atoms with Crippen molar-refractivity contribution in [3.8, 4) is 0 Å². The van der Waals surface area contributed by atoms with E-state index >= 15 is 0 Å². The minimum absolute atomic E-state index is 0.105. The van der Waals surface area contributed by atoms with Gasteiger partial charge in [0.2, 0.25) is 0 Å². The Kier molecular flexibility index (Phi) is 4.84. The second kappa shape index (κ2) is 5.93. The number of hydrogen-bond acceptors (Lipinski definition) is 3. The van der Waals surface area contributed by atoms with Crippen LogP contribution in [-0.2, 0) is 0 Å². The molecule has 0 spiro atoms. The second-order valence-corrected chi connectivity index (χ2v) is 5.23. The molecule has 4 nitrogen and oxygen atoms in total. The molecular formula is C12H18N2O2S. The number of aliphatic hydroxyl groups is 1. The molecule has 1 aromatic carbocycles. The number of thioether (sulfide) groups is 1. The molecule has 0 aromatic heterocycles. The van der Waals surface area contributed by atoms with Gasteiger partial charge in [0.1, 0.15) is 0 Å². The van der Waals surface area contributed by atoms with Crippen LogP contribution in [0.25, 0.3) is 0 Å². The van der Waals surface area contributed by atoms with Gasteiger partial charge in [0.05, 0.1) is 12.1 Å². The van der Waals surface area contributed by atoms with Gasteiger partial charge in [0.25, 0.3) is 0 Å². The van der Waals surface area contributed by atoms with Crippen LogP contribution in [0.4, 0.5) is 10.5 Å². The SMILES string of the molecule is CSc1ccc(NC(=O)NC(C)(C)CO)cc1. The fourth-order valence-corrected chi connectivity index (χ4v) is 1.59. The normalized spacial score (nSPS) is 11.1. The molecule has 0 fully saturated rings. The number of benzene rings is 1. The van der Waals surface area contributed by atoms with E-state index in [1.165, 1.54) is 0 Å². The van der Waals surface area contributed by atoms with E-state index in [0.29, 0.717) is 0 Å². The Balaban J connectivity index is 2.56. The zero-order valence-electron chi connectivity index (χ0n) is 10.3. The minimum atomic E-state index is -0.622. The van der Waals surface area contributed by atoms with Crippen LogP contribution in [0, 0.1) is 0 Å². The Hall–Kier alpha value is -1.20. The molecule has 0 bridgehead atoms. The molecule has 0 aliphatic carbocycles. The summed E-state index contributed by atoms with van der Waals surface area (Å²) < 4.78 is 0. The van der Waals surface area contributed by atoms with E-state index in [4.69, 9.17) is 5.11 Å². The standard InChI is InChI=1S/C12H18N2O2S/c1-12(2,8-15)14-11(16)13-9-4-6-10(17-3)7-5-9/h4-7,15H,8H2,1-3H3,(H2,13,14,16). The molecule has 2 amide bonds. The molecule has 17 heavy (non-hydrogen) atoms. The van der Waals surface area contributed by atoms with E-state index in [9.17, 15) is 4.79 Å². The Bertz CT molecular complexity index is 377. The van der Waals surface area contributed by atoms with Gasteiger partial charge in [-0.3, -0.25) is 0 Å². The summed E-state index contributed by atoms with van der Waals surface area (Å²) in [5.74, 6) is 0. The van der Waals surface area contributed by atoms with Crippen LogP contribution in [0.1, 0.15) is 13.8 Å². The number of urea groups is 1. The van der Waals surface area contributed by atoms with E-state index in [1.807, 2.05) is 30.5 Å². The van der Waals surface area contributed by atoms with E-state index in [0.717, 1.165) is 10.6 Å². The molecule has 1 rings (SSSR count). The van der Waals surface area contributed by atoms with E-state index < -0.39 is 5.54 Å². The Morgan fingerprint density at radius 2 is 1.94 bits per heavy atom. The monoisotopic (exact) mass is 254 g/mol. The maximum Gasteiger partial charge on any atom is 0.319 e. The van der Waals surface area contributed by atoms with Gasteiger partial charge in [-0.1, -0.05) is 0 Å². The smallest absolute Gasteiger partial charge is 0.319 e. The highest BCUT2D eigenvalue weighted by molar-refractivity contribution is 7.98. The second-order valence-electron chi connectivity index (χ2n) is 4.35. The lowest BCUT2D eigenvalue weighted by atomic mass is 10.1. The van der Waals surface area contributed by atoms with Crippen molar-refractivity contribution in [1.29, 1.82) is 0 Å². The number of amides is 2. The zero-order valence-corrected chi connectivity index (χ0v) is 11.1. The van der Waals surface area contributed by atoms with E-state index in [1.54, 1.807) is 25.6 Å². The maximum atomic E-state index is 11.6. The third kappa shape index (κ3) is 4.66. The predicted molar refractivity (Wildman–Crippen MR) is 71.5 cm³/mol. The first-order valence-electron chi connectivity index (χ1n) is 5.31. The summed E-state index contributed by atoms with van der Waals surface area (Å²) in [6.45, 7) is 3.40. The van der Waals surface area contributed by atoms with E-state index in [-0.39, 0.29) is 12.6 Å². The molecule has 0 radical (unpaired) electrons. The van der Waals surface area contributed by atoms with E-state index in [2.05, 4.69) is 10.6 Å². The number of carbonyl (C=O) groups is 1. The van der Waals surface area contributed by atoms with Crippen LogP contribution < -0.4 is 10.6 Å². The largest absolute Gasteiger partial charge is 0.394 e. The predicted octanol–water partition coefficient (Wildman–Crippen LogP) is 2.30. The third-order valence-electron chi connectivity index (χ3n) is 2.20. The quantitative estimate of drug-likeness (QED) is 0.722. The fraction of sp³-hybridized carbons (Fsp3) is 0.417. The highest BCUT2D eigenvalue weighted by Gasteiger charge is 2.18. The molecule has 5 heteroatoms. The Morgan fingerprint density at radius 3 is 2.41 bits per heavy atom. The number of carbonyl (C=O) groups excluding carboxylic acids is 1. The molecule has 0 unspecified atom stereocenters. The highest BCUT2D eigenvalue weighted by atomic mass is 32.2. The summed E-state index contributed by atoms with van der Waals surface area (Å²) in [6, 6.07) is 7.25. The van der Waals surface area contributed by atoms with Crippen molar-refractivity contribution in [2.75, 3.05) is 18.2 Å². The summed E-state index contributed by atoms with van der Waals surface area (Å²) in [6.07, 6.45) is 2.00. The van der Waals surface area contributed by atoms with Crippen molar-refractivity contribution in [3.05, 3.63) is 24.3 Å². The van der Waals surface area contributed by atoms with Crippen LogP contribution in [0.3, 0.4) is 0 Å². The van der Waals surface area contributed by atoms with Crippen molar-refractivity contribution >= 4 is 23.5 Å². The van der Waals surface area contributed by atoms with Gasteiger partial charge in [-0.2, -0.15) is 0 Å². The van der Waals surface area contributed by atoms with Crippen LogP contribution in [-0.4, -0.2) is 29.5 Å². The number of hydrogen-bond donors (Lipinski definition) is 3. The van der Waals surface area contributed by atoms with Crippen molar-refractivity contribution in [1.82, 2.24) is 5.32 Å². The molecule has 0 aliphatic heterocycles. The molecular weight excluding hydrogens is 236 g/mol. The van der Waals surface area contributed by atoms with Gasteiger partial charge < -0.3 is 15.7 Å². The number of aliphatic hydroxyl groups excluding tert-OH is 1. The summed E-state index contributed by atoms with van der Waals surface area (Å²) >= 11 is 1.65. The van der Waals surface area contributed by atoms with Gasteiger partial charge >= 0.3 is 6.03 Å². The highest BCUT2D eigenvalue weighted by Crippen LogP contribution is 2.17. The Morgan fingerprint density at radius 1 is 1.35 bits per heavy atom. The lowest BCUT2D eigenvalue weighted by molar-refractivity contribution is 0.187. The zero-order chi connectivity index (χ0) is 12.9. The molecule has 94 valence electrons. The minimum Gasteiger partial charge on any atom is -0.394 e. The summed E-state index contributed by atoms with van der Waals surface area (Å²) in [7, 11) is 0. The first-order chi connectivity index (χ1) is 7.96. The molecule has 1 aromatic rings. The summed E-state index contributed by atoms with van der Waals surface area (Å²) in [5, 5.41) is 14.4. The lowest BCUT2D eigenvalue weighted by Gasteiger charge is -2.23. The van der Waals surface area contributed by atoms with Gasteiger partial charge in [-0.05, 0) is 44.4 Å². The summed E-state index contributed by atoms with van der Waals surface area (Å²) in [5.41, 5.74) is 0.109. The molecule has 0 aliphatic rings. The fourth-order valence-electron chi connectivity index (χ4n) is 1.18. The summed E-state index contributed by atoms with van der Waals surface area (Å²) in [4.78, 5) is 12.7. The van der Waals surface area contributed by atoms with Crippen LogP contribution in [0.2, 0.25) is 0 Å². The molecule has 0 saturated carbocycles. The lowest BCUT2D eigenvalue weighted by Crippen LogP contribution is -2.48. The van der Waals surface area contributed by atoms with Crippen LogP contribution >= 0.6 is 11.8 Å².